The molecule has 0 spiro atoms. The molecule has 6 heteroatoms. The lowest BCUT2D eigenvalue weighted by Crippen LogP contribution is -2.30. The van der Waals surface area contributed by atoms with Crippen LogP contribution in [0.4, 0.5) is 20.2 Å². The zero-order chi connectivity index (χ0) is 17.1. The third-order valence-electron chi connectivity index (χ3n) is 4.08. The highest BCUT2D eigenvalue weighted by Gasteiger charge is 2.18. The van der Waals surface area contributed by atoms with E-state index in [-0.39, 0.29) is 5.56 Å². The van der Waals surface area contributed by atoms with Crippen LogP contribution in [0.15, 0.2) is 40.9 Å². The van der Waals surface area contributed by atoms with Gasteiger partial charge in [-0.1, -0.05) is 15.9 Å². The summed E-state index contributed by atoms with van der Waals surface area (Å²) in [7, 11) is 0. The number of piperidine rings is 1. The highest BCUT2D eigenvalue weighted by molar-refractivity contribution is 9.10. The maximum Gasteiger partial charge on any atom is 0.258 e. The zero-order valence-electron chi connectivity index (χ0n) is 13.0. The number of amides is 1. The Morgan fingerprint density at radius 3 is 2.54 bits per heavy atom. The molecule has 0 aliphatic carbocycles. The molecule has 0 atom stereocenters. The maximum absolute atomic E-state index is 13.9. The second-order valence-corrected chi connectivity index (χ2v) is 6.70. The number of halogens is 3. The number of benzene rings is 2. The van der Waals surface area contributed by atoms with Crippen LogP contribution in [0.5, 0.6) is 0 Å². The smallest absolute Gasteiger partial charge is 0.258 e. The van der Waals surface area contributed by atoms with E-state index in [2.05, 4.69) is 26.1 Å². The fraction of sp³-hybridized carbons (Fsp3) is 0.278. The van der Waals surface area contributed by atoms with Gasteiger partial charge in [-0.05, 0) is 55.7 Å². The molecule has 0 radical (unpaired) electrons. The molecular weight excluding hydrogens is 378 g/mol. The highest BCUT2D eigenvalue weighted by Crippen LogP contribution is 2.30. The van der Waals surface area contributed by atoms with E-state index in [0.717, 1.165) is 31.6 Å². The van der Waals surface area contributed by atoms with Crippen LogP contribution in [0.3, 0.4) is 0 Å². The second kappa shape index (κ2) is 7.30. The van der Waals surface area contributed by atoms with Crippen LogP contribution in [-0.4, -0.2) is 19.0 Å². The lowest BCUT2D eigenvalue weighted by atomic mass is 10.1. The minimum atomic E-state index is -0.619. The van der Waals surface area contributed by atoms with Crippen LogP contribution in [0.1, 0.15) is 29.6 Å². The Morgan fingerprint density at radius 2 is 1.79 bits per heavy atom. The number of hydrogen-bond donors (Lipinski definition) is 1. The van der Waals surface area contributed by atoms with E-state index in [1.807, 2.05) is 0 Å². The Labute approximate surface area is 147 Å². The number of nitrogens with one attached hydrogen (secondary N) is 1. The first-order chi connectivity index (χ1) is 11.5. The molecule has 1 N–H and O–H groups in total. The first-order valence-corrected chi connectivity index (χ1v) is 8.65. The van der Waals surface area contributed by atoms with Gasteiger partial charge in [0.05, 0.1) is 16.9 Å². The van der Waals surface area contributed by atoms with E-state index in [4.69, 9.17) is 0 Å². The Hall–Kier alpha value is -1.95. The normalized spacial score (nSPS) is 14.5. The van der Waals surface area contributed by atoms with Gasteiger partial charge >= 0.3 is 0 Å². The fourth-order valence-corrected chi connectivity index (χ4v) is 3.24. The predicted molar refractivity (Wildman–Crippen MR) is 94.5 cm³/mol. The van der Waals surface area contributed by atoms with E-state index in [0.29, 0.717) is 10.2 Å². The molecule has 3 rings (SSSR count). The van der Waals surface area contributed by atoms with Gasteiger partial charge in [0, 0.05) is 17.6 Å². The van der Waals surface area contributed by atoms with Crippen molar-refractivity contribution in [3.05, 3.63) is 58.1 Å². The van der Waals surface area contributed by atoms with Gasteiger partial charge in [-0.2, -0.15) is 0 Å². The van der Waals surface area contributed by atoms with Crippen LogP contribution in [0.2, 0.25) is 0 Å². The molecule has 0 aromatic heterocycles. The maximum atomic E-state index is 13.9. The van der Waals surface area contributed by atoms with Crippen LogP contribution in [-0.2, 0) is 0 Å². The molecule has 1 aliphatic heterocycles. The molecule has 1 amide bonds. The lowest BCUT2D eigenvalue weighted by molar-refractivity contribution is 0.102. The quantitative estimate of drug-likeness (QED) is 0.796. The standard InChI is InChI=1S/C18H17BrF2N2O/c19-12-4-6-15(21)14(10-12)18(24)22-16-11-13(20)5-7-17(16)23-8-2-1-3-9-23/h4-7,10-11H,1-3,8-9H2,(H,22,24). The van der Waals surface area contributed by atoms with Gasteiger partial charge in [0.15, 0.2) is 0 Å². The molecule has 1 saturated heterocycles. The van der Waals surface area contributed by atoms with Gasteiger partial charge < -0.3 is 10.2 Å². The number of anilines is 2. The monoisotopic (exact) mass is 394 g/mol. The number of hydrogen-bond acceptors (Lipinski definition) is 2. The molecule has 2 aromatic rings. The Balaban J connectivity index is 1.89. The highest BCUT2D eigenvalue weighted by atomic mass is 79.9. The second-order valence-electron chi connectivity index (χ2n) is 5.79. The number of nitrogens with zero attached hydrogens (tertiary/aromatic N) is 1. The summed E-state index contributed by atoms with van der Waals surface area (Å²) >= 11 is 3.22. The van der Waals surface area contributed by atoms with Crippen LogP contribution in [0, 0.1) is 11.6 Å². The average molecular weight is 395 g/mol. The molecule has 0 saturated carbocycles. The fourth-order valence-electron chi connectivity index (χ4n) is 2.88. The van der Waals surface area contributed by atoms with Gasteiger partial charge in [0.2, 0.25) is 0 Å². The van der Waals surface area contributed by atoms with E-state index in [9.17, 15) is 13.6 Å². The average Bonchev–Trinajstić information content (AvgIpc) is 2.58. The van der Waals surface area contributed by atoms with Crippen molar-refractivity contribution >= 4 is 33.2 Å². The summed E-state index contributed by atoms with van der Waals surface area (Å²) in [4.78, 5) is 14.5. The molecule has 3 nitrogen and oxygen atoms in total. The SMILES string of the molecule is O=C(Nc1cc(F)ccc1N1CCCCC1)c1cc(Br)ccc1F. The van der Waals surface area contributed by atoms with E-state index in [1.54, 1.807) is 6.07 Å². The Morgan fingerprint density at radius 1 is 1.04 bits per heavy atom. The summed E-state index contributed by atoms with van der Waals surface area (Å²) in [5, 5.41) is 2.65. The molecule has 24 heavy (non-hydrogen) atoms. The summed E-state index contributed by atoms with van der Waals surface area (Å²) in [6.07, 6.45) is 3.29. The van der Waals surface area contributed by atoms with Crippen molar-refractivity contribution in [3.8, 4) is 0 Å². The molecule has 126 valence electrons. The summed E-state index contributed by atoms with van der Waals surface area (Å²) in [6.45, 7) is 1.72. The first kappa shape index (κ1) is 16.9. The van der Waals surface area contributed by atoms with Crippen LogP contribution in [0.25, 0.3) is 0 Å². The summed E-state index contributed by atoms with van der Waals surface area (Å²) in [6, 6.07) is 8.46. The van der Waals surface area contributed by atoms with E-state index in [1.165, 1.54) is 36.8 Å². The van der Waals surface area contributed by atoms with Crippen LogP contribution < -0.4 is 10.2 Å². The zero-order valence-corrected chi connectivity index (χ0v) is 14.6. The summed E-state index contributed by atoms with van der Waals surface area (Å²) in [5.74, 6) is -1.66. The topological polar surface area (TPSA) is 32.3 Å². The number of rotatable bonds is 3. The van der Waals surface area contributed by atoms with Crippen LogP contribution >= 0.6 is 15.9 Å². The van der Waals surface area contributed by atoms with Crippen molar-refractivity contribution < 1.29 is 13.6 Å². The molecule has 1 aliphatic rings. The first-order valence-electron chi connectivity index (χ1n) is 7.85. The third-order valence-corrected chi connectivity index (χ3v) is 4.57. The Kier molecular flexibility index (Phi) is 5.14. The molecule has 0 bridgehead atoms. The molecule has 1 fully saturated rings. The minimum absolute atomic E-state index is 0.0850. The minimum Gasteiger partial charge on any atom is -0.370 e. The predicted octanol–water partition coefficient (Wildman–Crippen LogP) is 4.97. The third kappa shape index (κ3) is 3.75. The van der Waals surface area contributed by atoms with Gasteiger partial charge in [-0.3, -0.25) is 4.79 Å². The van der Waals surface area contributed by atoms with Crippen molar-refractivity contribution in [3.63, 3.8) is 0 Å². The number of carbonyl (C=O) groups excluding carboxylic acids is 1. The van der Waals surface area contributed by atoms with Crippen molar-refractivity contribution in [2.24, 2.45) is 0 Å². The van der Waals surface area contributed by atoms with Crippen molar-refractivity contribution in [2.75, 3.05) is 23.3 Å². The molecular formula is C18H17BrF2N2O. The van der Waals surface area contributed by atoms with Gasteiger partial charge in [0.1, 0.15) is 11.6 Å². The largest absolute Gasteiger partial charge is 0.370 e. The van der Waals surface area contributed by atoms with Gasteiger partial charge in [0.25, 0.3) is 5.91 Å². The van der Waals surface area contributed by atoms with Gasteiger partial charge in [-0.15, -0.1) is 0 Å². The van der Waals surface area contributed by atoms with Crippen molar-refractivity contribution in [2.45, 2.75) is 19.3 Å². The summed E-state index contributed by atoms with van der Waals surface area (Å²) in [5.41, 5.74) is 1.04. The lowest BCUT2D eigenvalue weighted by Gasteiger charge is -2.30. The van der Waals surface area contributed by atoms with E-state index < -0.39 is 17.5 Å². The van der Waals surface area contributed by atoms with Crippen molar-refractivity contribution in [1.29, 1.82) is 0 Å². The van der Waals surface area contributed by atoms with Gasteiger partial charge in [-0.25, -0.2) is 8.78 Å². The molecule has 2 aromatic carbocycles. The number of carbonyl (C=O) groups is 1. The molecule has 0 unspecified atom stereocenters. The Bertz CT molecular complexity index is 761. The van der Waals surface area contributed by atoms with Crippen molar-refractivity contribution in [1.82, 2.24) is 0 Å². The molecule has 1 heterocycles. The summed E-state index contributed by atoms with van der Waals surface area (Å²) < 4.78 is 28.2. The van der Waals surface area contributed by atoms with E-state index >= 15 is 0 Å².